The van der Waals surface area contributed by atoms with Crippen molar-refractivity contribution < 1.29 is 4.79 Å². The van der Waals surface area contributed by atoms with Gasteiger partial charge in [-0.15, -0.1) is 11.8 Å². The minimum Gasteiger partial charge on any atom is -0.300 e. The van der Waals surface area contributed by atoms with Gasteiger partial charge in [-0.3, -0.25) is 4.79 Å². The van der Waals surface area contributed by atoms with E-state index in [1.807, 2.05) is 11.8 Å². The number of benzene rings is 1. The first-order valence-electron chi connectivity index (χ1n) is 6.89. The van der Waals surface area contributed by atoms with Gasteiger partial charge >= 0.3 is 0 Å². The van der Waals surface area contributed by atoms with Crippen LogP contribution in [0.3, 0.4) is 0 Å². The van der Waals surface area contributed by atoms with Gasteiger partial charge in [0.25, 0.3) is 0 Å². The maximum Gasteiger partial charge on any atom is 0.133 e. The normalized spacial score (nSPS) is 12.4. The van der Waals surface area contributed by atoms with Crippen molar-refractivity contribution in [3.8, 4) is 0 Å². The minimum atomic E-state index is 0.406. The van der Waals surface area contributed by atoms with E-state index in [0.29, 0.717) is 11.7 Å². The molecule has 0 aliphatic heterocycles. The third-order valence-electron chi connectivity index (χ3n) is 2.92. The van der Waals surface area contributed by atoms with Crippen molar-refractivity contribution >= 4 is 17.5 Å². The maximum atomic E-state index is 11.6. The number of hydrogen-bond acceptors (Lipinski definition) is 2. The molecule has 0 amide bonds. The Kier molecular flexibility index (Phi) is 7.11. The summed E-state index contributed by atoms with van der Waals surface area (Å²) in [6.07, 6.45) is 3.43. The number of carbonyl (C=O) groups excluding carboxylic acids is 1. The average Bonchev–Trinajstić information content (AvgIpc) is 2.32. The molecule has 0 saturated carbocycles. The second kappa shape index (κ2) is 8.36. The molecule has 0 saturated heterocycles. The Morgan fingerprint density at radius 3 is 2.44 bits per heavy atom. The summed E-state index contributed by atoms with van der Waals surface area (Å²) in [4.78, 5) is 12.9. The molecule has 0 N–H and O–H groups in total. The monoisotopic (exact) mass is 264 g/mol. The number of hydrogen-bond donors (Lipinski definition) is 0. The van der Waals surface area contributed by atoms with Crippen LogP contribution in [-0.2, 0) is 11.2 Å². The van der Waals surface area contributed by atoms with E-state index >= 15 is 0 Å². The van der Waals surface area contributed by atoms with Crippen LogP contribution >= 0.6 is 11.8 Å². The molecular weight excluding hydrogens is 240 g/mol. The van der Waals surface area contributed by atoms with Crippen molar-refractivity contribution in [1.82, 2.24) is 0 Å². The zero-order chi connectivity index (χ0) is 13.4. The van der Waals surface area contributed by atoms with Crippen molar-refractivity contribution in [2.75, 3.05) is 5.75 Å². The van der Waals surface area contributed by atoms with Gasteiger partial charge < -0.3 is 0 Å². The van der Waals surface area contributed by atoms with Crippen molar-refractivity contribution in [2.24, 2.45) is 5.92 Å². The number of thioether (sulfide) groups is 1. The molecule has 1 nitrogen and oxygen atoms in total. The smallest absolute Gasteiger partial charge is 0.133 e. The quantitative estimate of drug-likeness (QED) is 0.631. The molecule has 100 valence electrons. The van der Waals surface area contributed by atoms with Gasteiger partial charge in [0.15, 0.2) is 0 Å². The molecule has 18 heavy (non-hydrogen) atoms. The molecule has 1 aromatic carbocycles. The molecule has 0 heterocycles. The summed E-state index contributed by atoms with van der Waals surface area (Å²) in [6.45, 7) is 6.40. The molecule has 0 aromatic heterocycles. The van der Waals surface area contributed by atoms with Crippen LogP contribution in [-0.4, -0.2) is 11.5 Å². The van der Waals surface area contributed by atoms with E-state index in [-0.39, 0.29) is 0 Å². The lowest BCUT2D eigenvalue weighted by molar-refractivity contribution is -0.119. The highest BCUT2D eigenvalue weighted by Crippen LogP contribution is 2.20. The van der Waals surface area contributed by atoms with Crippen molar-refractivity contribution in [1.29, 1.82) is 0 Å². The van der Waals surface area contributed by atoms with Crippen molar-refractivity contribution in [3.63, 3.8) is 0 Å². The number of Topliss-reactive ketones (excluding diaryl/α,β-unsaturated/α-hetero) is 1. The van der Waals surface area contributed by atoms with Crippen molar-refractivity contribution in [3.05, 3.63) is 29.8 Å². The molecule has 0 aliphatic carbocycles. The zero-order valence-electron chi connectivity index (χ0n) is 11.7. The van der Waals surface area contributed by atoms with Crippen LogP contribution in [0.4, 0.5) is 0 Å². The Hall–Kier alpha value is -0.760. The van der Waals surface area contributed by atoms with Crippen molar-refractivity contribution in [2.45, 2.75) is 51.3 Å². The highest BCUT2D eigenvalue weighted by molar-refractivity contribution is 7.99. The van der Waals surface area contributed by atoms with Crippen LogP contribution < -0.4 is 0 Å². The van der Waals surface area contributed by atoms with Crippen LogP contribution in [0, 0.1) is 5.92 Å². The van der Waals surface area contributed by atoms with Gasteiger partial charge in [0, 0.05) is 17.7 Å². The molecular formula is C16H24OS. The van der Waals surface area contributed by atoms with Gasteiger partial charge in [-0.1, -0.05) is 32.9 Å². The zero-order valence-corrected chi connectivity index (χ0v) is 12.6. The molecule has 1 atom stereocenters. The first kappa shape index (κ1) is 15.3. The highest BCUT2D eigenvalue weighted by Gasteiger charge is 2.09. The van der Waals surface area contributed by atoms with E-state index < -0.39 is 0 Å². The summed E-state index contributed by atoms with van der Waals surface area (Å²) in [5, 5.41) is 0. The largest absolute Gasteiger partial charge is 0.300 e. The van der Waals surface area contributed by atoms with E-state index in [2.05, 4.69) is 45.0 Å². The van der Waals surface area contributed by atoms with E-state index in [0.717, 1.165) is 31.4 Å². The van der Waals surface area contributed by atoms with E-state index in [1.165, 1.54) is 10.5 Å². The SMILES string of the molecule is CCCC(=O)CC(C)Cc1ccc(SCC)cc1. The Labute approximate surface area is 115 Å². The third-order valence-corrected chi connectivity index (χ3v) is 3.82. The summed E-state index contributed by atoms with van der Waals surface area (Å²) in [5.74, 6) is 1.97. The second-order valence-corrected chi connectivity index (χ2v) is 6.22. The fraction of sp³-hybridized carbons (Fsp3) is 0.562. The Bertz CT molecular complexity index is 356. The van der Waals surface area contributed by atoms with Crippen LogP contribution in [0.15, 0.2) is 29.2 Å². The highest BCUT2D eigenvalue weighted by atomic mass is 32.2. The third kappa shape index (κ3) is 5.72. The van der Waals surface area contributed by atoms with Crippen LogP contribution in [0.25, 0.3) is 0 Å². The molecule has 2 heteroatoms. The Morgan fingerprint density at radius 2 is 1.89 bits per heavy atom. The lowest BCUT2D eigenvalue weighted by Crippen LogP contribution is -2.07. The van der Waals surface area contributed by atoms with Gasteiger partial charge in [-0.2, -0.15) is 0 Å². The predicted octanol–water partition coefficient (Wildman–Crippen LogP) is 4.74. The molecule has 0 aliphatic rings. The van der Waals surface area contributed by atoms with Crippen LogP contribution in [0.2, 0.25) is 0 Å². The van der Waals surface area contributed by atoms with Crippen LogP contribution in [0.5, 0.6) is 0 Å². The average molecular weight is 264 g/mol. The van der Waals surface area contributed by atoms with Gasteiger partial charge in [0.1, 0.15) is 5.78 Å². The molecule has 1 aromatic rings. The molecule has 1 unspecified atom stereocenters. The molecule has 1 rings (SSSR count). The summed E-state index contributed by atoms with van der Waals surface area (Å²) in [6, 6.07) is 8.76. The fourth-order valence-electron chi connectivity index (χ4n) is 2.13. The molecule has 0 fully saturated rings. The summed E-state index contributed by atoms with van der Waals surface area (Å²) < 4.78 is 0. The number of carbonyl (C=O) groups is 1. The minimum absolute atomic E-state index is 0.406. The Morgan fingerprint density at radius 1 is 1.22 bits per heavy atom. The van der Waals surface area contributed by atoms with Crippen LogP contribution in [0.1, 0.15) is 45.6 Å². The van der Waals surface area contributed by atoms with E-state index in [1.54, 1.807) is 0 Å². The predicted molar refractivity (Wildman–Crippen MR) is 80.2 cm³/mol. The van der Waals surface area contributed by atoms with E-state index in [4.69, 9.17) is 0 Å². The van der Waals surface area contributed by atoms with Gasteiger partial charge in [0.2, 0.25) is 0 Å². The molecule has 0 bridgehead atoms. The second-order valence-electron chi connectivity index (χ2n) is 4.88. The summed E-state index contributed by atoms with van der Waals surface area (Å²) >= 11 is 1.87. The van der Waals surface area contributed by atoms with E-state index in [9.17, 15) is 4.79 Å². The lowest BCUT2D eigenvalue weighted by atomic mass is 9.95. The first-order valence-corrected chi connectivity index (χ1v) is 7.87. The standard InChI is InChI=1S/C16H24OS/c1-4-6-15(17)12-13(3)11-14-7-9-16(10-8-14)18-5-2/h7-10,13H,4-6,11-12H2,1-3H3. The summed E-state index contributed by atoms with van der Waals surface area (Å²) in [7, 11) is 0. The topological polar surface area (TPSA) is 17.1 Å². The summed E-state index contributed by atoms with van der Waals surface area (Å²) in [5.41, 5.74) is 1.34. The maximum absolute atomic E-state index is 11.6. The van der Waals surface area contributed by atoms with Gasteiger partial charge in [-0.05, 0) is 42.2 Å². The molecule has 0 radical (unpaired) electrons. The first-order chi connectivity index (χ1) is 8.65. The van der Waals surface area contributed by atoms with Gasteiger partial charge in [0.05, 0.1) is 0 Å². The Balaban J connectivity index is 2.43. The molecule has 0 spiro atoms. The number of rotatable bonds is 8. The number of ketones is 1. The lowest BCUT2D eigenvalue weighted by Gasteiger charge is -2.10. The fourth-order valence-corrected chi connectivity index (χ4v) is 2.79. The van der Waals surface area contributed by atoms with Gasteiger partial charge in [-0.25, -0.2) is 0 Å².